The molecular formula is C42H68O6. The summed E-state index contributed by atoms with van der Waals surface area (Å²) < 4.78 is 11.9. The summed E-state index contributed by atoms with van der Waals surface area (Å²) in [6, 6.07) is 0. The largest absolute Gasteiger partial charge is 0.481 e. The number of carbonyl (C=O) groups is 3. The Morgan fingerprint density at radius 3 is 2.15 bits per heavy atom. The lowest BCUT2D eigenvalue weighted by Gasteiger charge is -2.73. The summed E-state index contributed by atoms with van der Waals surface area (Å²) >= 11 is 0. The van der Waals surface area contributed by atoms with Crippen molar-refractivity contribution in [1.29, 1.82) is 0 Å². The molecule has 0 aromatic carbocycles. The summed E-state index contributed by atoms with van der Waals surface area (Å²) in [5.41, 5.74) is 1.39. The van der Waals surface area contributed by atoms with Gasteiger partial charge >= 0.3 is 17.9 Å². The van der Waals surface area contributed by atoms with Crippen molar-refractivity contribution in [2.24, 2.45) is 62.1 Å². The van der Waals surface area contributed by atoms with Crippen LogP contribution in [0.15, 0.2) is 12.2 Å². The van der Waals surface area contributed by atoms with Crippen LogP contribution in [0.1, 0.15) is 159 Å². The maximum absolute atomic E-state index is 13.2. The van der Waals surface area contributed by atoms with Gasteiger partial charge < -0.3 is 14.6 Å². The average molecular weight is 669 g/mol. The third-order valence-corrected chi connectivity index (χ3v) is 15.9. The van der Waals surface area contributed by atoms with Gasteiger partial charge in [0, 0.05) is 11.8 Å². The maximum Gasteiger partial charge on any atom is 0.306 e. The summed E-state index contributed by atoms with van der Waals surface area (Å²) in [6.45, 7) is 26.9. The fraction of sp³-hybridized carbons (Fsp3) is 0.881. The Labute approximate surface area is 291 Å². The first-order valence-electron chi connectivity index (χ1n) is 19.4. The molecule has 0 amide bonds. The Morgan fingerprint density at radius 2 is 1.52 bits per heavy atom. The van der Waals surface area contributed by atoms with Gasteiger partial charge in [-0.25, -0.2) is 0 Å². The van der Waals surface area contributed by atoms with E-state index in [0.717, 1.165) is 25.7 Å². The van der Waals surface area contributed by atoms with Crippen molar-refractivity contribution in [2.45, 2.75) is 171 Å². The molecule has 0 spiro atoms. The zero-order chi connectivity index (χ0) is 35.7. The summed E-state index contributed by atoms with van der Waals surface area (Å²) in [6.07, 6.45) is 13.0. The topological polar surface area (TPSA) is 89.9 Å². The van der Waals surface area contributed by atoms with Gasteiger partial charge in [-0.1, -0.05) is 60.6 Å². The number of carboxylic acids is 1. The number of esters is 2. The van der Waals surface area contributed by atoms with Crippen molar-refractivity contribution >= 4 is 17.9 Å². The number of aliphatic carboxylic acids is 1. The van der Waals surface area contributed by atoms with Crippen molar-refractivity contribution in [2.75, 3.05) is 0 Å². The highest BCUT2D eigenvalue weighted by atomic mass is 16.5. The van der Waals surface area contributed by atoms with E-state index in [2.05, 4.69) is 48.1 Å². The molecule has 0 aromatic heterocycles. The molecule has 5 aliphatic rings. The number of hydrogen-bond acceptors (Lipinski definition) is 5. The Balaban J connectivity index is 1.38. The van der Waals surface area contributed by atoms with Crippen LogP contribution in [0.2, 0.25) is 0 Å². The maximum atomic E-state index is 13.2. The van der Waals surface area contributed by atoms with Gasteiger partial charge in [-0.15, -0.1) is 0 Å². The van der Waals surface area contributed by atoms with Crippen molar-refractivity contribution in [3.8, 4) is 0 Å². The van der Waals surface area contributed by atoms with Crippen LogP contribution in [0.5, 0.6) is 0 Å². The van der Waals surface area contributed by atoms with Crippen molar-refractivity contribution in [1.82, 2.24) is 0 Å². The molecule has 5 saturated carbocycles. The molecule has 0 saturated heterocycles. The predicted molar refractivity (Wildman–Crippen MR) is 190 cm³/mol. The molecule has 0 heterocycles. The minimum Gasteiger partial charge on any atom is -0.481 e. The number of allylic oxidation sites excluding steroid dienone is 1. The lowest BCUT2D eigenvalue weighted by atomic mass is 9.32. The van der Waals surface area contributed by atoms with Crippen LogP contribution in [0.25, 0.3) is 0 Å². The highest BCUT2D eigenvalue weighted by Crippen LogP contribution is 2.78. The van der Waals surface area contributed by atoms with Crippen LogP contribution in [0, 0.1) is 62.1 Å². The van der Waals surface area contributed by atoms with E-state index in [1.807, 2.05) is 27.7 Å². The molecule has 6 heteroatoms. The van der Waals surface area contributed by atoms with Crippen molar-refractivity contribution < 1.29 is 29.0 Å². The second kappa shape index (κ2) is 12.7. The summed E-state index contributed by atoms with van der Waals surface area (Å²) in [5.74, 6) is 1.65. The first-order valence-corrected chi connectivity index (χ1v) is 19.4. The molecule has 1 N–H and O–H groups in total. The van der Waals surface area contributed by atoms with E-state index in [0.29, 0.717) is 36.0 Å². The first-order chi connectivity index (χ1) is 22.1. The van der Waals surface area contributed by atoms with Gasteiger partial charge in [0.2, 0.25) is 0 Å². The third-order valence-electron chi connectivity index (χ3n) is 15.9. The van der Waals surface area contributed by atoms with Gasteiger partial charge in [-0.05, 0) is 148 Å². The summed E-state index contributed by atoms with van der Waals surface area (Å²) in [7, 11) is 0. The Hall–Kier alpha value is -1.85. The number of rotatable bonds is 10. The average Bonchev–Trinajstić information content (AvgIpc) is 3.33. The van der Waals surface area contributed by atoms with E-state index in [-0.39, 0.29) is 64.1 Å². The highest BCUT2D eigenvalue weighted by Gasteiger charge is 2.71. The van der Waals surface area contributed by atoms with Crippen molar-refractivity contribution in [3.05, 3.63) is 12.2 Å². The Morgan fingerprint density at radius 1 is 0.833 bits per heavy atom. The van der Waals surface area contributed by atoms with E-state index in [4.69, 9.17) is 9.47 Å². The molecule has 5 rings (SSSR count). The normalized spacial score (nSPS) is 41.7. The summed E-state index contributed by atoms with van der Waals surface area (Å²) in [5, 5.41) is 9.32. The van der Waals surface area contributed by atoms with Gasteiger partial charge in [0.05, 0.1) is 18.9 Å². The third kappa shape index (κ3) is 6.20. The van der Waals surface area contributed by atoms with Crippen LogP contribution in [-0.4, -0.2) is 35.2 Å². The SMILES string of the molecule is C=C(C)[C@@H]1CC[C@]2(CCC(=O)OC(C)C)CC[C@]3(C)[C@H](CCC4[C@@]5(C)CCC(OC(=O)CC(C)(C)CC(=O)O)C(C)(C)C5CC[C@]43C)C12. The van der Waals surface area contributed by atoms with Crippen LogP contribution in [0.3, 0.4) is 0 Å². The number of ether oxygens (including phenoxy) is 2. The first kappa shape index (κ1) is 37.4. The number of fused-ring (bicyclic) bond motifs is 7. The molecular weight excluding hydrogens is 600 g/mol. The van der Waals surface area contributed by atoms with E-state index >= 15 is 0 Å². The molecule has 0 bridgehead atoms. The fourth-order valence-corrected chi connectivity index (χ4v) is 13.6. The molecule has 0 radical (unpaired) electrons. The second-order valence-electron chi connectivity index (χ2n) is 19.8. The Bertz CT molecular complexity index is 1280. The van der Waals surface area contributed by atoms with E-state index < -0.39 is 11.4 Å². The van der Waals surface area contributed by atoms with Gasteiger partial charge in [-0.2, -0.15) is 0 Å². The lowest BCUT2D eigenvalue weighted by Crippen LogP contribution is -2.66. The zero-order valence-corrected chi connectivity index (χ0v) is 32.1. The Kier molecular flexibility index (Phi) is 9.92. The molecule has 48 heavy (non-hydrogen) atoms. The summed E-state index contributed by atoms with van der Waals surface area (Å²) in [4.78, 5) is 37.3. The molecule has 5 aliphatic carbocycles. The second-order valence-corrected chi connectivity index (χ2v) is 19.8. The van der Waals surface area contributed by atoms with Gasteiger partial charge in [0.15, 0.2) is 0 Å². The lowest BCUT2D eigenvalue weighted by molar-refractivity contribution is -0.250. The zero-order valence-electron chi connectivity index (χ0n) is 32.1. The molecule has 272 valence electrons. The molecule has 4 unspecified atom stereocenters. The minimum absolute atomic E-state index is 0.0416. The van der Waals surface area contributed by atoms with E-state index in [9.17, 15) is 19.5 Å². The number of hydrogen-bond donors (Lipinski definition) is 1. The van der Waals surface area contributed by atoms with Crippen LogP contribution in [0.4, 0.5) is 0 Å². The van der Waals surface area contributed by atoms with Crippen LogP contribution < -0.4 is 0 Å². The smallest absolute Gasteiger partial charge is 0.306 e. The van der Waals surface area contributed by atoms with Crippen LogP contribution in [-0.2, 0) is 23.9 Å². The van der Waals surface area contributed by atoms with Gasteiger partial charge in [0.1, 0.15) is 6.10 Å². The number of carbonyl (C=O) groups excluding carboxylic acids is 2. The van der Waals surface area contributed by atoms with E-state index in [1.165, 1.54) is 50.5 Å². The molecule has 10 atom stereocenters. The number of carboxylic acid groups (broad SMARTS) is 1. The van der Waals surface area contributed by atoms with E-state index in [1.54, 1.807) is 0 Å². The molecule has 0 aromatic rings. The standard InChI is InChI=1S/C42H68O6/c1-26(2)28-14-20-42(21-17-34(45)47-27(3)4)23-22-40(10)29(36(28)42)12-13-31-39(9)18-16-32(38(7,8)30(39)15-19-41(31,40)11)48-35(46)25-37(5,6)24-33(43)44/h27-32,36H,1,12-25H2,2-11H3,(H,43,44)/t28-,29+,30?,31?,32?,36?,39-,40+,41+,42-/m0/s1. The molecule has 5 fully saturated rings. The molecule has 6 nitrogen and oxygen atoms in total. The van der Waals surface area contributed by atoms with Gasteiger partial charge in [0.25, 0.3) is 0 Å². The molecule has 0 aliphatic heterocycles. The van der Waals surface area contributed by atoms with Gasteiger partial charge in [-0.3, -0.25) is 14.4 Å². The minimum atomic E-state index is -0.881. The van der Waals surface area contributed by atoms with Crippen molar-refractivity contribution in [3.63, 3.8) is 0 Å². The highest BCUT2D eigenvalue weighted by molar-refractivity contribution is 5.73. The monoisotopic (exact) mass is 669 g/mol. The predicted octanol–water partition coefficient (Wildman–Crippen LogP) is 10.2. The fourth-order valence-electron chi connectivity index (χ4n) is 13.6. The quantitative estimate of drug-likeness (QED) is 0.184. The van der Waals surface area contributed by atoms with Crippen LogP contribution >= 0.6 is 0 Å².